The van der Waals surface area contributed by atoms with E-state index in [4.69, 9.17) is 4.42 Å². The van der Waals surface area contributed by atoms with E-state index in [1.54, 1.807) is 0 Å². The fourth-order valence-electron chi connectivity index (χ4n) is 9.96. The second-order valence-corrected chi connectivity index (χ2v) is 17.2. The zero-order valence-corrected chi connectivity index (χ0v) is 37.3. The van der Waals surface area contributed by atoms with E-state index in [0.717, 1.165) is 106 Å². The van der Waals surface area contributed by atoms with Crippen molar-refractivity contribution in [1.29, 1.82) is 0 Å². The van der Waals surface area contributed by atoms with E-state index in [1.807, 2.05) is 6.07 Å². The molecule has 1 heterocycles. The van der Waals surface area contributed by atoms with E-state index in [-0.39, 0.29) is 0 Å². The van der Waals surface area contributed by atoms with Crippen molar-refractivity contribution < 1.29 is 4.42 Å². The predicted molar refractivity (Wildman–Crippen MR) is 286 cm³/mol. The number of rotatable bonds is 10. The maximum absolute atomic E-state index is 6.69. The highest BCUT2D eigenvalue weighted by Gasteiger charge is 2.32. The first-order chi connectivity index (χ1) is 33.8. The van der Waals surface area contributed by atoms with Crippen molar-refractivity contribution in [2.75, 3.05) is 4.90 Å². The largest absolute Gasteiger partial charge is 0.456 e. The summed E-state index contributed by atoms with van der Waals surface area (Å²) in [6, 6.07) is 98.4. The van der Waals surface area contributed by atoms with Gasteiger partial charge < -0.3 is 9.32 Å². The van der Waals surface area contributed by atoms with Gasteiger partial charge in [-0.3, -0.25) is 0 Å². The molecule has 0 N–H and O–H groups in total. The van der Waals surface area contributed by atoms with Gasteiger partial charge in [0.2, 0.25) is 0 Å². The quantitative estimate of drug-likeness (QED) is 0.136. The molecule has 1 aromatic heterocycles. The van der Waals surface area contributed by atoms with Crippen molar-refractivity contribution in [3.63, 3.8) is 0 Å². The van der Waals surface area contributed by atoms with E-state index >= 15 is 0 Å². The topological polar surface area (TPSA) is 16.4 Å². The van der Waals surface area contributed by atoms with Crippen molar-refractivity contribution >= 4 is 39.0 Å². The summed E-state index contributed by atoms with van der Waals surface area (Å²) in [4.78, 5) is 2.50. The molecule has 12 aromatic rings. The molecule has 68 heavy (non-hydrogen) atoms. The number of nitrogens with zero attached hydrogens (tertiary/aromatic N) is 1. The van der Waals surface area contributed by atoms with Crippen LogP contribution < -0.4 is 4.90 Å². The fourth-order valence-corrected chi connectivity index (χ4v) is 9.96. The van der Waals surface area contributed by atoms with Gasteiger partial charge in [0.05, 0.1) is 5.69 Å². The summed E-state index contributed by atoms with van der Waals surface area (Å²) in [6.45, 7) is 0. The van der Waals surface area contributed by atoms with Gasteiger partial charge in [-0.2, -0.15) is 0 Å². The molecule has 0 saturated heterocycles. The summed E-state index contributed by atoms with van der Waals surface area (Å²) >= 11 is 0. The third-order valence-corrected chi connectivity index (χ3v) is 13.1. The Labute approximate surface area is 397 Å². The predicted octanol–water partition coefficient (Wildman–Crippen LogP) is 18.7. The zero-order chi connectivity index (χ0) is 45.2. The van der Waals surface area contributed by atoms with Crippen LogP contribution in [0.5, 0.6) is 0 Å². The second kappa shape index (κ2) is 17.8. The highest BCUT2D eigenvalue weighted by Crippen LogP contribution is 2.59. The number of para-hydroxylation sites is 1. The Morgan fingerprint density at radius 2 is 0.529 bits per heavy atom. The number of furan rings is 1. The number of anilines is 3. The van der Waals surface area contributed by atoms with Gasteiger partial charge in [-0.05, 0) is 98.1 Å². The van der Waals surface area contributed by atoms with Crippen LogP contribution in [0.15, 0.2) is 277 Å². The first-order valence-electron chi connectivity index (χ1n) is 23.3. The third kappa shape index (κ3) is 7.45. The lowest BCUT2D eigenvalue weighted by molar-refractivity contribution is 0.669. The van der Waals surface area contributed by atoms with E-state index in [0.29, 0.717) is 0 Å². The number of fused-ring (bicyclic) bond motifs is 3. The third-order valence-electron chi connectivity index (χ3n) is 13.1. The van der Waals surface area contributed by atoms with E-state index in [1.165, 1.54) is 11.1 Å². The van der Waals surface area contributed by atoms with Gasteiger partial charge in [-0.15, -0.1) is 0 Å². The Kier molecular flexibility index (Phi) is 10.6. The van der Waals surface area contributed by atoms with Gasteiger partial charge in [0.15, 0.2) is 0 Å². The van der Waals surface area contributed by atoms with Gasteiger partial charge in [0, 0.05) is 44.4 Å². The van der Waals surface area contributed by atoms with Crippen LogP contribution in [0.1, 0.15) is 0 Å². The lowest BCUT2D eigenvalue weighted by atomic mass is 9.77. The van der Waals surface area contributed by atoms with Gasteiger partial charge >= 0.3 is 0 Å². The average Bonchev–Trinajstić information content (AvgIpc) is 3.80. The average molecular weight is 868 g/mol. The Hall–Kier alpha value is -8.98. The molecule has 2 nitrogen and oxygen atoms in total. The molecule has 0 saturated carbocycles. The monoisotopic (exact) mass is 867 g/mol. The van der Waals surface area contributed by atoms with Crippen LogP contribution in [0.3, 0.4) is 0 Å². The molecule has 0 amide bonds. The highest BCUT2D eigenvalue weighted by atomic mass is 16.3. The minimum Gasteiger partial charge on any atom is -0.456 e. The fraction of sp³-hybridized carbons (Fsp3) is 0. The zero-order valence-electron chi connectivity index (χ0n) is 37.3. The molecule has 0 bridgehead atoms. The van der Waals surface area contributed by atoms with E-state index in [2.05, 4.69) is 272 Å². The molecule has 0 unspecified atom stereocenters. The molecule has 0 aliphatic carbocycles. The first-order valence-corrected chi connectivity index (χ1v) is 23.3. The van der Waals surface area contributed by atoms with Crippen molar-refractivity contribution in [2.24, 2.45) is 0 Å². The molecule has 12 rings (SSSR count). The maximum Gasteiger partial charge on any atom is 0.136 e. The molecular formula is C66H45NO. The van der Waals surface area contributed by atoms with E-state index < -0.39 is 0 Å². The van der Waals surface area contributed by atoms with Gasteiger partial charge in [-0.1, -0.05) is 231 Å². The summed E-state index contributed by atoms with van der Waals surface area (Å²) in [6.07, 6.45) is 0. The van der Waals surface area contributed by atoms with Gasteiger partial charge in [0.1, 0.15) is 11.2 Å². The van der Waals surface area contributed by atoms with Crippen LogP contribution in [0.2, 0.25) is 0 Å². The summed E-state index contributed by atoms with van der Waals surface area (Å²) in [5.74, 6) is 0. The second-order valence-electron chi connectivity index (χ2n) is 17.2. The molecular weight excluding hydrogens is 823 g/mol. The molecule has 0 fully saturated rings. The van der Waals surface area contributed by atoms with E-state index in [9.17, 15) is 0 Å². The Morgan fingerprint density at radius 3 is 0.956 bits per heavy atom. The maximum atomic E-state index is 6.69. The highest BCUT2D eigenvalue weighted by molar-refractivity contribution is 6.17. The van der Waals surface area contributed by atoms with Crippen LogP contribution in [-0.2, 0) is 0 Å². The standard InChI is InChI=1S/C66H45NO/c1-7-21-46(22-8-1)48-35-40-55(41-36-48)67(56-42-37-49(38-43-56)47-23-9-2-10-24-47)66-64(52-29-15-5-16-30-52)61(50-25-11-3-12-26-50)63(54-39-44-58-57-33-19-20-34-59(57)68-60(58)45-54)62(51-27-13-4-14-28-51)65(66)53-31-17-6-18-32-53/h1-45H. The van der Waals surface area contributed by atoms with Gasteiger partial charge in [-0.25, -0.2) is 0 Å². The Balaban J connectivity index is 1.27. The van der Waals surface area contributed by atoms with Crippen molar-refractivity contribution in [2.45, 2.75) is 0 Å². The molecule has 0 atom stereocenters. The number of benzene rings is 11. The molecule has 0 spiro atoms. The van der Waals surface area contributed by atoms with Crippen LogP contribution in [0, 0.1) is 0 Å². The minimum absolute atomic E-state index is 0.854. The molecule has 2 heteroatoms. The van der Waals surface area contributed by atoms with Crippen LogP contribution >= 0.6 is 0 Å². The van der Waals surface area contributed by atoms with Crippen molar-refractivity contribution in [1.82, 2.24) is 0 Å². The number of hydrogen-bond donors (Lipinski definition) is 0. The van der Waals surface area contributed by atoms with Crippen molar-refractivity contribution in [3.8, 4) is 77.9 Å². The Morgan fingerprint density at radius 1 is 0.221 bits per heavy atom. The first kappa shape index (κ1) is 40.5. The lowest BCUT2D eigenvalue weighted by Crippen LogP contribution is -2.15. The smallest absolute Gasteiger partial charge is 0.136 e. The number of hydrogen-bond acceptors (Lipinski definition) is 2. The molecule has 0 radical (unpaired) electrons. The van der Waals surface area contributed by atoms with Gasteiger partial charge in [0.25, 0.3) is 0 Å². The molecule has 320 valence electrons. The summed E-state index contributed by atoms with van der Waals surface area (Å²) < 4.78 is 6.69. The van der Waals surface area contributed by atoms with Crippen molar-refractivity contribution in [3.05, 3.63) is 273 Å². The summed E-state index contributed by atoms with van der Waals surface area (Å²) in [7, 11) is 0. The summed E-state index contributed by atoms with van der Waals surface area (Å²) in [5.41, 5.74) is 20.7. The van der Waals surface area contributed by atoms with Crippen LogP contribution in [0.25, 0.3) is 99.8 Å². The van der Waals surface area contributed by atoms with Crippen LogP contribution in [0.4, 0.5) is 17.1 Å². The Bertz CT molecular complexity index is 3470. The minimum atomic E-state index is 0.854. The molecule has 11 aromatic carbocycles. The van der Waals surface area contributed by atoms with Crippen LogP contribution in [-0.4, -0.2) is 0 Å². The molecule has 0 aliphatic heterocycles. The normalized spacial score (nSPS) is 11.2. The lowest BCUT2D eigenvalue weighted by Gasteiger charge is -2.35. The molecule has 0 aliphatic rings. The summed E-state index contributed by atoms with van der Waals surface area (Å²) in [5, 5.41) is 2.21. The SMILES string of the molecule is c1ccc(-c2ccc(N(c3ccc(-c4ccccc4)cc3)c3c(-c4ccccc4)c(-c4ccccc4)c(-c4ccc5c(c4)oc4ccccc45)c(-c4ccccc4)c3-c3ccccc3)cc2)cc1.